The monoisotopic (exact) mass is 185 g/mol. The summed E-state index contributed by atoms with van der Waals surface area (Å²) < 4.78 is 0. The summed E-state index contributed by atoms with van der Waals surface area (Å²) in [7, 11) is 0. The second-order valence-corrected chi connectivity index (χ2v) is 2.08. The topological polar surface area (TPSA) is 50.2 Å². The number of carboxylic acid groups (broad SMARTS) is 1. The Kier molecular flexibility index (Phi) is 5.65. The maximum absolute atomic E-state index is 8.36. The van der Waals surface area contributed by atoms with Crippen molar-refractivity contribution in [1.29, 1.82) is 0 Å². The number of hydrogen-bond acceptors (Lipinski definition) is 2. The van der Waals surface area contributed by atoms with Crippen molar-refractivity contribution in [1.82, 2.24) is 4.98 Å². The van der Waals surface area contributed by atoms with E-state index in [1.54, 1.807) is 12.1 Å². The molecule has 1 heterocycles. The van der Waals surface area contributed by atoms with Gasteiger partial charge in [0, 0.05) is 0 Å². The number of aromatic nitrogens is 1. The van der Waals surface area contributed by atoms with Crippen molar-refractivity contribution in [2.45, 2.75) is 0 Å². The highest BCUT2D eigenvalue weighted by Crippen LogP contribution is 2.04. The normalized spacial score (nSPS) is 7.75. The third-order valence-electron chi connectivity index (χ3n) is 0.946. The number of hydrogen-bond donors (Lipinski definition) is 1. The van der Waals surface area contributed by atoms with E-state index in [-0.39, 0.29) is 6.47 Å². The summed E-state index contributed by atoms with van der Waals surface area (Å²) in [6.07, 6.45) is 1.66. The van der Waals surface area contributed by atoms with Gasteiger partial charge >= 0.3 is 0 Å². The molecule has 0 aliphatic heterocycles. The van der Waals surface area contributed by atoms with Crippen LogP contribution in [0.2, 0.25) is 5.15 Å². The zero-order chi connectivity index (χ0) is 9.40. The fourth-order valence-corrected chi connectivity index (χ4v) is 0.708. The maximum atomic E-state index is 8.36. The molecule has 64 valence electrons. The molecule has 0 unspecified atom stereocenters. The lowest BCUT2D eigenvalue weighted by atomic mass is 10.3. The molecule has 3 nitrogen and oxygen atoms in total. The summed E-state index contributed by atoms with van der Waals surface area (Å²) in [5.74, 6) is 0. The van der Waals surface area contributed by atoms with Gasteiger partial charge in [-0.05, 0) is 18.2 Å². The van der Waals surface area contributed by atoms with E-state index < -0.39 is 0 Å². The van der Waals surface area contributed by atoms with Crippen molar-refractivity contribution in [2.75, 3.05) is 0 Å². The van der Waals surface area contributed by atoms with E-state index in [0.717, 1.165) is 5.69 Å². The Morgan fingerprint density at radius 3 is 2.50 bits per heavy atom. The molecule has 0 aromatic carbocycles. The predicted molar refractivity (Wildman–Crippen MR) is 48.0 cm³/mol. The third kappa shape index (κ3) is 4.46. The Hall–Kier alpha value is -1.35. The molecule has 0 fully saturated rings. The SMILES string of the molecule is C=Cc1cccc(Cl)n1.O=CO. The maximum Gasteiger partial charge on any atom is 0.290 e. The highest BCUT2D eigenvalue weighted by molar-refractivity contribution is 6.29. The van der Waals surface area contributed by atoms with Crippen molar-refractivity contribution in [3.8, 4) is 0 Å². The number of carbonyl (C=O) groups is 1. The van der Waals surface area contributed by atoms with E-state index in [9.17, 15) is 0 Å². The summed E-state index contributed by atoms with van der Waals surface area (Å²) in [5.41, 5.74) is 0.808. The van der Waals surface area contributed by atoms with Crippen LogP contribution in [0, 0.1) is 0 Å². The highest BCUT2D eigenvalue weighted by atomic mass is 35.5. The van der Waals surface area contributed by atoms with Crippen molar-refractivity contribution in [2.24, 2.45) is 0 Å². The first-order valence-corrected chi connectivity index (χ1v) is 3.45. The van der Waals surface area contributed by atoms with Gasteiger partial charge in [-0.1, -0.05) is 24.2 Å². The van der Waals surface area contributed by atoms with Gasteiger partial charge in [-0.2, -0.15) is 0 Å². The molecule has 0 aliphatic carbocycles. The van der Waals surface area contributed by atoms with Gasteiger partial charge in [0.05, 0.1) is 5.69 Å². The molecule has 4 heteroatoms. The van der Waals surface area contributed by atoms with Crippen molar-refractivity contribution in [3.63, 3.8) is 0 Å². The van der Waals surface area contributed by atoms with Crippen LogP contribution < -0.4 is 0 Å². The van der Waals surface area contributed by atoms with E-state index in [1.807, 2.05) is 12.1 Å². The van der Waals surface area contributed by atoms with Crippen LogP contribution in [0.1, 0.15) is 5.69 Å². The first-order chi connectivity index (χ1) is 5.74. The highest BCUT2D eigenvalue weighted by Gasteiger charge is 1.86. The minimum Gasteiger partial charge on any atom is -0.483 e. The van der Waals surface area contributed by atoms with E-state index in [4.69, 9.17) is 21.5 Å². The zero-order valence-corrected chi connectivity index (χ0v) is 7.03. The van der Waals surface area contributed by atoms with Gasteiger partial charge in [0.2, 0.25) is 0 Å². The first-order valence-electron chi connectivity index (χ1n) is 3.07. The lowest BCUT2D eigenvalue weighted by Gasteiger charge is -1.89. The number of pyridine rings is 1. The van der Waals surface area contributed by atoms with Crippen molar-refractivity contribution >= 4 is 24.1 Å². The first kappa shape index (κ1) is 10.7. The molecular formula is C8H8ClNO2. The van der Waals surface area contributed by atoms with Crippen LogP contribution in [-0.4, -0.2) is 16.6 Å². The lowest BCUT2D eigenvalue weighted by molar-refractivity contribution is -0.122. The van der Waals surface area contributed by atoms with Crippen molar-refractivity contribution < 1.29 is 9.90 Å². The van der Waals surface area contributed by atoms with E-state index >= 15 is 0 Å². The van der Waals surface area contributed by atoms with E-state index in [0.29, 0.717) is 5.15 Å². The average molecular weight is 186 g/mol. The van der Waals surface area contributed by atoms with Gasteiger partial charge < -0.3 is 5.11 Å². The molecule has 0 bridgehead atoms. The van der Waals surface area contributed by atoms with E-state index in [2.05, 4.69) is 11.6 Å². The summed E-state index contributed by atoms with van der Waals surface area (Å²) in [4.78, 5) is 12.3. The molecule has 0 saturated carbocycles. The smallest absolute Gasteiger partial charge is 0.290 e. The Morgan fingerprint density at radius 2 is 2.17 bits per heavy atom. The van der Waals surface area contributed by atoms with Gasteiger partial charge in [-0.25, -0.2) is 4.98 Å². The Morgan fingerprint density at radius 1 is 1.58 bits per heavy atom. The fraction of sp³-hybridized carbons (Fsp3) is 0. The van der Waals surface area contributed by atoms with Crippen molar-refractivity contribution in [3.05, 3.63) is 35.6 Å². The molecule has 1 aromatic heterocycles. The molecule has 0 aliphatic rings. The van der Waals surface area contributed by atoms with Crippen LogP contribution in [0.5, 0.6) is 0 Å². The molecule has 12 heavy (non-hydrogen) atoms. The number of nitrogens with zero attached hydrogens (tertiary/aromatic N) is 1. The van der Waals surface area contributed by atoms with Gasteiger partial charge in [-0.15, -0.1) is 0 Å². The van der Waals surface area contributed by atoms with Gasteiger partial charge in [-0.3, -0.25) is 4.79 Å². The van der Waals surface area contributed by atoms with Crippen LogP contribution in [0.4, 0.5) is 0 Å². The molecule has 0 spiro atoms. The molecular weight excluding hydrogens is 178 g/mol. The van der Waals surface area contributed by atoms with Gasteiger partial charge in [0.15, 0.2) is 0 Å². The Labute approximate surface area is 75.3 Å². The van der Waals surface area contributed by atoms with Crippen LogP contribution >= 0.6 is 11.6 Å². The van der Waals surface area contributed by atoms with E-state index in [1.165, 1.54) is 0 Å². The third-order valence-corrected chi connectivity index (χ3v) is 1.16. The molecule has 0 radical (unpaired) electrons. The molecule has 1 rings (SSSR count). The summed E-state index contributed by atoms with van der Waals surface area (Å²) >= 11 is 5.56. The average Bonchev–Trinajstić information content (AvgIpc) is 2.06. The molecule has 0 atom stereocenters. The van der Waals surface area contributed by atoms with Crippen LogP contribution in [0.3, 0.4) is 0 Å². The fourth-order valence-electron chi connectivity index (χ4n) is 0.538. The molecule has 1 N–H and O–H groups in total. The lowest BCUT2D eigenvalue weighted by Crippen LogP contribution is -1.77. The summed E-state index contributed by atoms with van der Waals surface area (Å²) in [6.45, 7) is 3.30. The minimum absolute atomic E-state index is 0.250. The largest absolute Gasteiger partial charge is 0.483 e. The molecule has 0 amide bonds. The molecule has 1 aromatic rings. The molecule has 0 saturated heterocycles. The predicted octanol–water partition coefficient (Wildman–Crippen LogP) is 2.08. The minimum atomic E-state index is -0.250. The summed E-state index contributed by atoms with van der Waals surface area (Å²) in [6, 6.07) is 5.42. The summed E-state index contributed by atoms with van der Waals surface area (Å²) in [5, 5.41) is 7.40. The van der Waals surface area contributed by atoms with Crippen LogP contribution in [0.15, 0.2) is 24.8 Å². The van der Waals surface area contributed by atoms with Crippen LogP contribution in [0.25, 0.3) is 6.08 Å². The van der Waals surface area contributed by atoms with Crippen LogP contribution in [-0.2, 0) is 4.79 Å². The second-order valence-electron chi connectivity index (χ2n) is 1.69. The zero-order valence-electron chi connectivity index (χ0n) is 6.27. The van der Waals surface area contributed by atoms with Gasteiger partial charge in [0.1, 0.15) is 5.15 Å². The standard InChI is InChI=1S/C7H6ClN.CH2O2/c1-2-6-4-3-5-7(8)9-6;2-1-3/h2-5H,1H2;1H,(H,2,3). The second kappa shape index (κ2) is 6.37. The Balaban J connectivity index is 0.000000354. The number of halogens is 1. The Bertz CT molecular complexity index is 263. The quantitative estimate of drug-likeness (QED) is 0.538. The van der Waals surface area contributed by atoms with Gasteiger partial charge in [0.25, 0.3) is 6.47 Å². The number of rotatable bonds is 1.